The molecule has 0 atom stereocenters. The molecule has 0 fully saturated rings. The molecule has 10 rings (SSSR count). The van der Waals surface area contributed by atoms with E-state index in [1.807, 2.05) is 0 Å². The lowest BCUT2D eigenvalue weighted by Crippen LogP contribution is -2.00. The summed E-state index contributed by atoms with van der Waals surface area (Å²) in [5.74, 6) is -1.41. The summed E-state index contributed by atoms with van der Waals surface area (Å²) in [6, 6.07) is 30.2. The molecule has 4 nitrogen and oxygen atoms in total. The summed E-state index contributed by atoms with van der Waals surface area (Å²) in [7, 11) is 0. The Morgan fingerprint density at radius 1 is 0.492 bits per heavy atom. The Bertz CT molecular complexity index is 3980. The van der Waals surface area contributed by atoms with Crippen molar-refractivity contribution in [3.05, 3.63) is 233 Å². The Labute approximate surface area is 395 Å². The van der Waals surface area contributed by atoms with Gasteiger partial charge in [-0.1, -0.05) is 139 Å². The van der Waals surface area contributed by atoms with Gasteiger partial charge in [0.1, 0.15) is 17.0 Å². The van der Waals surface area contributed by atoms with Crippen LogP contribution in [-0.4, -0.2) is 15.0 Å². The van der Waals surface area contributed by atoms with Gasteiger partial charge in [0.2, 0.25) is 0 Å². The van der Waals surface area contributed by atoms with Crippen molar-refractivity contribution in [1.29, 1.82) is 0 Å². The normalized spacial score (nSPS) is 17.6. The second kappa shape index (κ2) is 17.8. The number of para-hydroxylation sites is 1. The topological polar surface area (TPSA) is 51.8 Å². The second-order valence-electron chi connectivity index (χ2n) is 14.4. The van der Waals surface area contributed by atoms with Gasteiger partial charge in [0, 0.05) is 66.6 Å². The molecule has 6 aromatic carbocycles. The number of halogens is 1. The van der Waals surface area contributed by atoms with Crippen molar-refractivity contribution in [2.45, 2.75) is 45.1 Å². The van der Waals surface area contributed by atoms with E-state index in [0.717, 1.165) is 42.9 Å². The van der Waals surface area contributed by atoms with Crippen LogP contribution in [0, 0.1) is 12.7 Å². The number of nitrogens with zero attached hydrogens (tertiary/aromatic N) is 3. The number of pyridine rings is 3. The Hall–Kier alpha value is -7.50. The van der Waals surface area contributed by atoms with Gasteiger partial charge in [-0.05, 0) is 120 Å². The van der Waals surface area contributed by atoms with Crippen LogP contribution in [0.25, 0.3) is 66.8 Å². The predicted molar refractivity (Wildman–Crippen MR) is 255 cm³/mol. The maximum atomic E-state index is 16.7. The van der Waals surface area contributed by atoms with Crippen molar-refractivity contribution in [2.75, 3.05) is 0 Å². The van der Waals surface area contributed by atoms with E-state index in [2.05, 4.69) is 15.0 Å². The van der Waals surface area contributed by atoms with Crippen LogP contribution in [0.2, 0.25) is 0 Å². The first-order valence-corrected chi connectivity index (χ1v) is 19.8. The van der Waals surface area contributed by atoms with E-state index in [4.69, 9.17) is 15.4 Å². The molecule has 4 aromatic heterocycles. The van der Waals surface area contributed by atoms with E-state index in [1.165, 1.54) is 54.6 Å². The molecule has 0 saturated carbocycles. The molecule has 0 aliphatic rings. The lowest BCUT2D eigenvalue weighted by atomic mass is 9.94. The maximum absolute atomic E-state index is 16.7. The predicted octanol–water partition coefficient (Wildman–Crippen LogP) is 14.2. The minimum Gasteiger partial charge on any atom is -0.455 e. The number of aromatic nitrogens is 3. The third kappa shape index (κ3) is 8.69. The van der Waals surface area contributed by atoms with Crippen molar-refractivity contribution in [1.82, 2.24) is 15.0 Å². The highest BCUT2D eigenvalue weighted by Gasteiger charge is 2.21. The lowest BCUT2D eigenvalue weighted by molar-refractivity contribution is 0.614. The smallest absolute Gasteiger partial charge is 0.146 e. The van der Waals surface area contributed by atoms with Crippen LogP contribution in [0.5, 0.6) is 0 Å². The molecule has 0 amide bonds. The average Bonchev–Trinajstić information content (AvgIpc) is 4.03. The van der Waals surface area contributed by atoms with Crippen LogP contribution in [0.4, 0.5) is 4.39 Å². The molecular weight excluding hydrogens is 774 g/mol. The highest BCUT2D eigenvalue weighted by molar-refractivity contribution is 6.13. The Kier molecular flexibility index (Phi) is 6.54. The van der Waals surface area contributed by atoms with Crippen molar-refractivity contribution in [2.24, 2.45) is 0 Å². The molecule has 0 radical (unpaired) electrons. The van der Waals surface area contributed by atoms with E-state index in [1.54, 1.807) is 60.7 Å². The van der Waals surface area contributed by atoms with Crippen molar-refractivity contribution in [3.8, 4) is 44.9 Å². The van der Waals surface area contributed by atoms with Crippen LogP contribution in [0.15, 0.2) is 193 Å². The quantitative estimate of drug-likeness (QED) is 0.116. The highest BCUT2D eigenvalue weighted by Crippen LogP contribution is 2.41. The Morgan fingerprint density at radius 2 is 1.00 bits per heavy atom. The van der Waals surface area contributed by atoms with E-state index < -0.39 is 120 Å². The molecular formula is C58H46FN3O. The minimum absolute atomic E-state index is 0.00380. The van der Waals surface area contributed by atoms with Gasteiger partial charge in [-0.2, -0.15) is 0 Å². The average molecular weight is 840 g/mol. The van der Waals surface area contributed by atoms with Gasteiger partial charge in [-0.25, -0.2) is 4.39 Å². The summed E-state index contributed by atoms with van der Waals surface area (Å²) < 4.78 is 202. The SMILES string of the molecule is [2H]c1c([2H])c([2H])c(-c2c(F)c(C([2H])([2H])[2H])cc3c2oc2c(-c4ccc(C([2H])([2H])C([2H])([2H])c5cc(C([2H])([2H])C([2H])([2H])c6ccc(-c7ccccc7)nc6)cc(C([2H])([2H])C([2H])([2H])c6ccc(-c7ccccc7)nc6)c5)cn4)cccc23)c([2H])c1[2H]. The van der Waals surface area contributed by atoms with Gasteiger partial charge >= 0.3 is 0 Å². The summed E-state index contributed by atoms with van der Waals surface area (Å²) in [6.07, 6.45) is -15.4. The Morgan fingerprint density at radius 3 is 1.49 bits per heavy atom. The summed E-state index contributed by atoms with van der Waals surface area (Å²) >= 11 is 0. The summed E-state index contributed by atoms with van der Waals surface area (Å²) in [4.78, 5) is 13.2. The van der Waals surface area contributed by atoms with Crippen LogP contribution in [-0.2, 0) is 38.2 Å². The number of fused-ring (bicyclic) bond motifs is 3. The maximum Gasteiger partial charge on any atom is 0.146 e. The standard InChI is InChI=1S/C58H46FN3O/c1-39-32-51-49-18-11-19-50(57(49)63-58(51)55(56(39)59)48-16-9-4-10-17-48)54-31-28-42(38-62-54)22-25-45-34-43(23-20-40-26-29-52(60-36-40)46-12-5-2-6-13-46)33-44(35-45)24-21-41-27-30-53(61-37-41)47-14-7-3-8-15-47/h2-19,26-38H,20-25H2,1H3/i1D3,4D,9D,10D,16D,17D,20D2,21D2,22D2,23D2,24D2,25D2. The van der Waals surface area contributed by atoms with Crippen LogP contribution >= 0.6 is 0 Å². The van der Waals surface area contributed by atoms with Gasteiger partial charge in [-0.3, -0.25) is 15.0 Å². The monoisotopic (exact) mass is 839 g/mol. The molecule has 0 spiro atoms. The lowest BCUT2D eigenvalue weighted by Gasteiger charge is -2.12. The molecule has 0 aliphatic heterocycles. The van der Waals surface area contributed by atoms with Crippen molar-refractivity contribution >= 4 is 21.9 Å². The van der Waals surface area contributed by atoms with E-state index in [-0.39, 0.29) is 44.3 Å². The fraction of sp³-hybridized carbons (Fsp3) is 0.121. The van der Waals surface area contributed by atoms with Gasteiger partial charge in [-0.15, -0.1) is 0 Å². The fourth-order valence-electron chi connectivity index (χ4n) is 7.11. The number of benzene rings is 6. The van der Waals surface area contributed by atoms with E-state index in [0.29, 0.717) is 22.5 Å². The second-order valence-corrected chi connectivity index (χ2v) is 14.4. The molecule has 306 valence electrons. The highest BCUT2D eigenvalue weighted by atomic mass is 19.1. The molecule has 63 heavy (non-hydrogen) atoms. The molecule has 4 heterocycles. The first-order valence-electron chi connectivity index (χ1n) is 29.8. The van der Waals surface area contributed by atoms with Gasteiger partial charge in [0.05, 0.1) is 29.5 Å². The molecule has 0 aliphatic carbocycles. The molecule has 5 heteroatoms. The molecule has 0 N–H and O–H groups in total. The third-order valence-corrected chi connectivity index (χ3v) is 10.2. The van der Waals surface area contributed by atoms with Crippen molar-refractivity contribution in [3.63, 3.8) is 0 Å². The van der Waals surface area contributed by atoms with Crippen LogP contribution in [0.3, 0.4) is 0 Å². The number of hydrogen-bond donors (Lipinski definition) is 0. The fourth-order valence-corrected chi connectivity index (χ4v) is 7.11. The zero-order valence-electron chi connectivity index (χ0n) is 53.1. The molecule has 10 aromatic rings. The number of aryl methyl sites for hydroxylation is 7. The van der Waals surface area contributed by atoms with Gasteiger partial charge in [0.25, 0.3) is 0 Å². The summed E-state index contributed by atoms with van der Waals surface area (Å²) in [5.41, 5.74) is -2.96. The molecule has 0 unspecified atom stereocenters. The van der Waals surface area contributed by atoms with Crippen LogP contribution < -0.4 is 0 Å². The zero-order chi connectivity index (χ0) is 60.1. The Balaban J connectivity index is 1.07. The first kappa shape index (κ1) is 23.1. The number of rotatable bonds is 13. The number of hydrogen-bond acceptors (Lipinski definition) is 4. The van der Waals surface area contributed by atoms with Gasteiger partial charge in [0.15, 0.2) is 0 Å². The molecule has 0 bridgehead atoms. The minimum atomic E-state index is -3.27. The van der Waals surface area contributed by atoms with Gasteiger partial charge < -0.3 is 4.42 Å². The third-order valence-electron chi connectivity index (χ3n) is 10.2. The van der Waals surface area contributed by atoms with Crippen LogP contribution in [0.1, 0.15) is 66.4 Å². The summed E-state index contributed by atoms with van der Waals surface area (Å²) in [6.45, 7) is -3.09. The first-order chi connectivity index (χ1) is 38.8. The summed E-state index contributed by atoms with van der Waals surface area (Å²) in [5, 5.41) is 0.198. The van der Waals surface area contributed by atoms with Crippen molar-refractivity contribution < 1.29 is 36.2 Å². The van der Waals surface area contributed by atoms with E-state index in [9.17, 15) is 16.4 Å². The van der Waals surface area contributed by atoms with E-state index >= 15 is 4.39 Å². The largest absolute Gasteiger partial charge is 0.455 e. The number of furan rings is 1. The zero-order valence-corrected chi connectivity index (χ0v) is 33.1. The molecule has 0 saturated heterocycles.